The number of nitrogen functional groups attached to an aromatic ring is 1. The smallest absolute Gasteiger partial charge is 0.0636 e. The van der Waals surface area contributed by atoms with Gasteiger partial charge in [0.1, 0.15) is 0 Å². The predicted octanol–water partition coefficient (Wildman–Crippen LogP) is 1.80. The molecule has 0 amide bonds. The third kappa shape index (κ3) is 3.15. The lowest BCUT2D eigenvalue weighted by Crippen LogP contribution is -1.85. The Balaban J connectivity index is 0. The quantitative estimate of drug-likeness (QED) is 0.625. The first-order valence-corrected chi connectivity index (χ1v) is 2.64. The maximum Gasteiger partial charge on any atom is 0.0636 e. The molecule has 1 aromatic heterocycles. The standard InChI is InChI=1S/C5H6N2S.2ClH/c6-4-3-7-2-1-5(4)8;;/h1-3H,6H2,(H,7,8);2*1H. The van der Waals surface area contributed by atoms with E-state index in [1.54, 1.807) is 18.5 Å². The maximum absolute atomic E-state index is 5.38. The van der Waals surface area contributed by atoms with Crippen molar-refractivity contribution in [2.24, 2.45) is 0 Å². The highest BCUT2D eigenvalue weighted by molar-refractivity contribution is 7.80. The van der Waals surface area contributed by atoms with Gasteiger partial charge in [-0.2, -0.15) is 0 Å². The molecule has 0 aliphatic heterocycles. The van der Waals surface area contributed by atoms with Crippen molar-refractivity contribution in [2.75, 3.05) is 5.73 Å². The van der Waals surface area contributed by atoms with Crippen LogP contribution in [-0.2, 0) is 0 Å². The summed E-state index contributed by atoms with van der Waals surface area (Å²) in [4.78, 5) is 4.55. The van der Waals surface area contributed by atoms with E-state index >= 15 is 0 Å². The molecule has 1 aromatic rings. The monoisotopic (exact) mass is 198 g/mol. The molecule has 0 aliphatic carbocycles. The Hall–Kier alpha value is -0.120. The number of pyridine rings is 1. The Morgan fingerprint density at radius 3 is 2.30 bits per heavy atom. The van der Waals surface area contributed by atoms with E-state index in [1.165, 1.54) is 0 Å². The summed E-state index contributed by atoms with van der Waals surface area (Å²) in [5, 5.41) is 0. The summed E-state index contributed by atoms with van der Waals surface area (Å²) >= 11 is 4.03. The number of halogens is 2. The van der Waals surface area contributed by atoms with Gasteiger partial charge < -0.3 is 5.73 Å². The van der Waals surface area contributed by atoms with Crippen LogP contribution in [0, 0.1) is 0 Å². The SMILES string of the molecule is Cl.Cl.Nc1cnccc1S. The van der Waals surface area contributed by atoms with Crippen LogP contribution in [0.25, 0.3) is 0 Å². The number of nitrogens with zero attached hydrogens (tertiary/aromatic N) is 1. The second-order valence-electron chi connectivity index (χ2n) is 1.43. The largest absolute Gasteiger partial charge is 0.397 e. The Morgan fingerprint density at radius 2 is 2.00 bits per heavy atom. The molecule has 0 unspecified atom stereocenters. The first-order valence-electron chi connectivity index (χ1n) is 2.19. The Bertz CT molecular complexity index is 174. The van der Waals surface area contributed by atoms with Gasteiger partial charge in [-0.15, -0.1) is 37.4 Å². The third-order valence-electron chi connectivity index (χ3n) is 0.828. The van der Waals surface area contributed by atoms with E-state index in [4.69, 9.17) is 5.73 Å². The maximum atomic E-state index is 5.38. The van der Waals surface area contributed by atoms with Gasteiger partial charge in [0.2, 0.25) is 0 Å². The molecule has 2 N–H and O–H groups in total. The molecular formula is C5H8Cl2N2S. The van der Waals surface area contributed by atoms with E-state index in [2.05, 4.69) is 17.6 Å². The molecule has 0 spiro atoms. The van der Waals surface area contributed by atoms with E-state index in [0.29, 0.717) is 5.69 Å². The fourth-order valence-corrected chi connectivity index (χ4v) is 0.524. The number of anilines is 1. The van der Waals surface area contributed by atoms with Crippen LogP contribution in [0.3, 0.4) is 0 Å². The van der Waals surface area contributed by atoms with E-state index in [1.807, 2.05) is 0 Å². The van der Waals surface area contributed by atoms with Crippen LogP contribution in [0.5, 0.6) is 0 Å². The Kier molecular flexibility index (Phi) is 7.09. The van der Waals surface area contributed by atoms with Gasteiger partial charge in [-0.3, -0.25) is 4.98 Å². The molecule has 0 bridgehead atoms. The van der Waals surface area contributed by atoms with E-state index in [0.717, 1.165) is 4.90 Å². The van der Waals surface area contributed by atoms with Gasteiger partial charge in [0.05, 0.1) is 11.9 Å². The number of hydrogen-bond donors (Lipinski definition) is 2. The summed E-state index contributed by atoms with van der Waals surface area (Å²) in [6, 6.07) is 1.75. The lowest BCUT2D eigenvalue weighted by molar-refractivity contribution is 1.27. The summed E-state index contributed by atoms with van der Waals surface area (Å²) in [6.07, 6.45) is 3.22. The van der Waals surface area contributed by atoms with Crippen molar-refractivity contribution in [3.8, 4) is 0 Å². The minimum absolute atomic E-state index is 0. The number of thiol groups is 1. The normalized spacial score (nSPS) is 7.30. The third-order valence-corrected chi connectivity index (χ3v) is 1.24. The van der Waals surface area contributed by atoms with Crippen molar-refractivity contribution >= 4 is 43.1 Å². The lowest BCUT2D eigenvalue weighted by atomic mass is 10.4. The second-order valence-corrected chi connectivity index (χ2v) is 1.92. The molecule has 58 valence electrons. The summed E-state index contributed by atoms with van der Waals surface area (Å²) in [5.74, 6) is 0. The molecule has 0 aromatic carbocycles. The zero-order valence-electron chi connectivity index (χ0n) is 5.02. The minimum Gasteiger partial charge on any atom is -0.397 e. The van der Waals surface area contributed by atoms with Crippen molar-refractivity contribution in [1.82, 2.24) is 4.98 Å². The van der Waals surface area contributed by atoms with Gasteiger partial charge in [-0.25, -0.2) is 0 Å². The van der Waals surface area contributed by atoms with Crippen molar-refractivity contribution in [3.63, 3.8) is 0 Å². The van der Waals surface area contributed by atoms with Crippen molar-refractivity contribution in [3.05, 3.63) is 18.5 Å². The molecule has 1 rings (SSSR count). The van der Waals surface area contributed by atoms with Gasteiger partial charge in [-0.1, -0.05) is 0 Å². The van der Waals surface area contributed by atoms with Crippen LogP contribution in [0.15, 0.2) is 23.4 Å². The van der Waals surface area contributed by atoms with Crippen LogP contribution in [0.2, 0.25) is 0 Å². The first kappa shape index (κ1) is 12.5. The average Bonchev–Trinajstić information content (AvgIpc) is 1.77. The minimum atomic E-state index is 0. The molecule has 2 nitrogen and oxygen atoms in total. The van der Waals surface area contributed by atoms with Crippen molar-refractivity contribution in [1.29, 1.82) is 0 Å². The fourth-order valence-electron chi connectivity index (χ4n) is 0.399. The van der Waals surface area contributed by atoms with Gasteiger partial charge in [0.25, 0.3) is 0 Å². The molecular weight excluding hydrogens is 191 g/mol. The lowest BCUT2D eigenvalue weighted by Gasteiger charge is -1.92. The van der Waals surface area contributed by atoms with E-state index < -0.39 is 0 Å². The first-order chi connectivity index (χ1) is 3.80. The van der Waals surface area contributed by atoms with E-state index in [-0.39, 0.29) is 24.8 Å². The second kappa shape index (κ2) is 5.65. The molecule has 1 heterocycles. The van der Waals surface area contributed by atoms with Crippen LogP contribution in [0.4, 0.5) is 5.69 Å². The Labute approximate surface area is 77.5 Å². The van der Waals surface area contributed by atoms with Crippen molar-refractivity contribution in [2.45, 2.75) is 4.90 Å². The van der Waals surface area contributed by atoms with Crippen LogP contribution < -0.4 is 5.73 Å². The van der Waals surface area contributed by atoms with Gasteiger partial charge in [0.15, 0.2) is 0 Å². The zero-order chi connectivity index (χ0) is 5.98. The Morgan fingerprint density at radius 1 is 1.40 bits per heavy atom. The number of hydrogen-bond acceptors (Lipinski definition) is 3. The number of aromatic nitrogens is 1. The molecule has 0 radical (unpaired) electrons. The van der Waals surface area contributed by atoms with Gasteiger partial charge >= 0.3 is 0 Å². The van der Waals surface area contributed by atoms with Crippen LogP contribution >= 0.6 is 37.4 Å². The molecule has 0 saturated carbocycles. The van der Waals surface area contributed by atoms with Crippen molar-refractivity contribution < 1.29 is 0 Å². The molecule has 10 heavy (non-hydrogen) atoms. The van der Waals surface area contributed by atoms with Gasteiger partial charge in [0, 0.05) is 11.1 Å². The van der Waals surface area contributed by atoms with Gasteiger partial charge in [-0.05, 0) is 6.07 Å². The van der Waals surface area contributed by atoms with Crippen LogP contribution in [0.1, 0.15) is 0 Å². The van der Waals surface area contributed by atoms with Crippen LogP contribution in [-0.4, -0.2) is 4.98 Å². The molecule has 0 saturated heterocycles. The summed E-state index contributed by atoms with van der Waals surface area (Å²) in [7, 11) is 0. The fraction of sp³-hybridized carbons (Fsp3) is 0. The summed E-state index contributed by atoms with van der Waals surface area (Å²) < 4.78 is 0. The zero-order valence-corrected chi connectivity index (χ0v) is 7.55. The molecule has 0 fully saturated rings. The topological polar surface area (TPSA) is 38.9 Å². The highest BCUT2D eigenvalue weighted by atomic mass is 35.5. The molecule has 5 heteroatoms. The molecule has 0 aliphatic rings. The highest BCUT2D eigenvalue weighted by Crippen LogP contribution is 2.11. The number of nitrogens with two attached hydrogens (primary N) is 1. The average molecular weight is 199 g/mol. The van der Waals surface area contributed by atoms with E-state index in [9.17, 15) is 0 Å². The summed E-state index contributed by atoms with van der Waals surface area (Å²) in [5.41, 5.74) is 6.00. The summed E-state index contributed by atoms with van der Waals surface area (Å²) in [6.45, 7) is 0. The highest BCUT2D eigenvalue weighted by Gasteiger charge is 1.86. The predicted molar refractivity (Wildman–Crippen MR) is 50.4 cm³/mol. The number of rotatable bonds is 0. The molecule has 0 atom stereocenters.